The summed E-state index contributed by atoms with van der Waals surface area (Å²) < 4.78 is 1.96. The summed E-state index contributed by atoms with van der Waals surface area (Å²) in [7, 11) is 2.00. The number of aliphatic imine (C=N–C) groups is 1. The molecule has 0 aromatic carbocycles. The number of guanidine groups is 1. The van der Waals surface area contributed by atoms with Gasteiger partial charge < -0.3 is 10.6 Å². The van der Waals surface area contributed by atoms with E-state index in [0.29, 0.717) is 0 Å². The van der Waals surface area contributed by atoms with E-state index in [-0.39, 0.29) is 24.0 Å². The molecule has 6 heteroatoms. The van der Waals surface area contributed by atoms with Crippen molar-refractivity contribution >= 4 is 29.9 Å². The zero-order chi connectivity index (χ0) is 15.2. The van der Waals surface area contributed by atoms with Crippen molar-refractivity contribution in [3.63, 3.8) is 0 Å². The van der Waals surface area contributed by atoms with Crippen molar-refractivity contribution in [1.29, 1.82) is 0 Å². The van der Waals surface area contributed by atoms with Gasteiger partial charge in [-0.25, -0.2) is 0 Å². The molecule has 126 valence electrons. The number of hydrogen-bond donors (Lipinski definition) is 1. The Balaban J connectivity index is 0.00000242. The molecule has 1 saturated heterocycles. The van der Waals surface area contributed by atoms with Crippen LogP contribution in [0.4, 0.5) is 0 Å². The first kappa shape index (κ1) is 19.3. The van der Waals surface area contributed by atoms with Crippen LogP contribution in [0.15, 0.2) is 4.99 Å². The molecule has 22 heavy (non-hydrogen) atoms. The van der Waals surface area contributed by atoms with Crippen LogP contribution in [0.1, 0.15) is 49.1 Å². The molecule has 5 nitrogen and oxygen atoms in total. The highest BCUT2D eigenvalue weighted by molar-refractivity contribution is 14.0. The summed E-state index contributed by atoms with van der Waals surface area (Å²) in [4.78, 5) is 6.81. The minimum atomic E-state index is 0. The Labute approximate surface area is 151 Å². The molecule has 0 radical (unpaired) electrons. The highest BCUT2D eigenvalue weighted by Crippen LogP contribution is 2.14. The molecule has 1 aliphatic rings. The van der Waals surface area contributed by atoms with Crippen LogP contribution in [0.3, 0.4) is 0 Å². The minimum Gasteiger partial charge on any atom is -0.370 e. The third kappa shape index (κ3) is 5.14. The lowest BCUT2D eigenvalue weighted by atomic mass is 10.1. The van der Waals surface area contributed by atoms with Crippen molar-refractivity contribution in [3.05, 3.63) is 17.0 Å². The molecule has 1 aromatic rings. The molecule has 0 saturated carbocycles. The maximum atomic E-state index is 6.12. The Morgan fingerprint density at radius 2 is 1.82 bits per heavy atom. The lowest BCUT2D eigenvalue weighted by Crippen LogP contribution is -2.38. The van der Waals surface area contributed by atoms with Gasteiger partial charge in [0.2, 0.25) is 0 Å². The van der Waals surface area contributed by atoms with E-state index in [1.165, 1.54) is 36.9 Å². The minimum absolute atomic E-state index is 0. The number of nitrogens with zero attached hydrogens (tertiary/aromatic N) is 4. The smallest absolute Gasteiger partial charge is 0.191 e. The number of aromatic nitrogens is 2. The van der Waals surface area contributed by atoms with Crippen LogP contribution in [0.2, 0.25) is 0 Å². The number of rotatable bonds is 4. The van der Waals surface area contributed by atoms with E-state index in [9.17, 15) is 0 Å². The van der Waals surface area contributed by atoms with Crippen molar-refractivity contribution in [1.82, 2.24) is 14.7 Å². The first-order chi connectivity index (χ1) is 10.1. The first-order valence-corrected chi connectivity index (χ1v) is 8.13. The van der Waals surface area contributed by atoms with Crippen molar-refractivity contribution in [2.45, 2.75) is 52.4 Å². The largest absolute Gasteiger partial charge is 0.370 e. The fraction of sp³-hybridized carbons (Fsp3) is 0.750. The predicted octanol–water partition coefficient (Wildman–Crippen LogP) is 2.78. The van der Waals surface area contributed by atoms with Gasteiger partial charge in [-0.3, -0.25) is 9.67 Å². The van der Waals surface area contributed by atoms with Crippen molar-refractivity contribution in [2.75, 3.05) is 19.6 Å². The van der Waals surface area contributed by atoms with Crippen LogP contribution in [-0.4, -0.2) is 40.3 Å². The molecular formula is C16H30IN5. The highest BCUT2D eigenvalue weighted by atomic mass is 127. The van der Waals surface area contributed by atoms with Gasteiger partial charge in [-0.05, 0) is 45.1 Å². The van der Waals surface area contributed by atoms with E-state index in [2.05, 4.69) is 28.8 Å². The van der Waals surface area contributed by atoms with E-state index in [0.717, 1.165) is 44.1 Å². The summed E-state index contributed by atoms with van der Waals surface area (Å²) in [6.45, 7) is 7.14. The molecule has 2 N–H and O–H groups in total. The maximum absolute atomic E-state index is 6.12. The lowest BCUT2D eigenvalue weighted by molar-refractivity contribution is 0.428. The number of aryl methyl sites for hydroxylation is 2. The fourth-order valence-corrected chi connectivity index (χ4v) is 3.03. The van der Waals surface area contributed by atoms with Gasteiger partial charge in [-0.2, -0.15) is 5.10 Å². The van der Waals surface area contributed by atoms with Gasteiger partial charge in [0.25, 0.3) is 0 Å². The van der Waals surface area contributed by atoms with Gasteiger partial charge in [0.05, 0.1) is 5.69 Å². The summed E-state index contributed by atoms with van der Waals surface area (Å²) in [6.07, 6.45) is 7.19. The number of nitrogens with two attached hydrogens (primary N) is 1. The standard InChI is InChI=1S/C16H29N5.HI/c1-13-15(14(2)20(3)19-13)9-8-10-18-16(17)21-11-6-4-5-7-12-21;/h4-12H2,1-3H3,(H2,17,18);1H. The molecule has 1 fully saturated rings. The quantitative estimate of drug-likeness (QED) is 0.354. The molecule has 0 spiro atoms. The van der Waals surface area contributed by atoms with Gasteiger partial charge in [0, 0.05) is 32.4 Å². The zero-order valence-corrected chi connectivity index (χ0v) is 16.5. The first-order valence-electron chi connectivity index (χ1n) is 8.13. The SMILES string of the molecule is Cc1nn(C)c(C)c1CCCN=C(N)N1CCCCCC1.I. The third-order valence-electron chi connectivity index (χ3n) is 4.45. The Kier molecular flexibility index (Phi) is 8.20. The molecule has 0 aliphatic carbocycles. The van der Waals surface area contributed by atoms with Gasteiger partial charge in [0.1, 0.15) is 0 Å². The second-order valence-electron chi connectivity index (χ2n) is 6.02. The molecule has 0 atom stereocenters. The van der Waals surface area contributed by atoms with Crippen LogP contribution < -0.4 is 5.73 Å². The monoisotopic (exact) mass is 419 g/mol. The highest BCUT2D eigenvalue weighted by Gasteiger charge is 2.11. The van der Waals surface area contributed by atoms with E-state index >= 15 is 0 Å². The summed E-state index contributed by atoms with van der Waals surface area (Å²) in [5.74, 6) is 0.733. The van der Waals surface area contributed by atoms with E-state index in [4.69, 9.17) is 5.73 Å². The topological polar surface area (TPSA) is 59.4 Å². The Morgan fingerprint density at radius 1 is 1.18 bits per heavy atom. The Morgan fingerprint density at radius 3 is 2.36 bits per heavy atom. The van der Waals surface area contributed by atoms with Crippen molar-refractivity contribution in [3.8, 4) is 0 Å². The van der Waals surface area contributed by atoms with Gasteiger partial charge >= 0.3 is 0 Å². The molecule has 2 heterocycles. The van der Waals surface area contributed by atoms with Crippen LogP contribution in [-0.2, 0) is 13.5 Å². The maximum Gasteiger partial charge on any atom is 0.191 e. The molecule has 1 aromatic heterocycles. The van der Waals surface area contributed by atoms with E-state index < -0.39 is 0 Å². The Hall–Kier alpha value is -0.790. The van der Waals surface area contributed by atoms with Gasteiger partial charge in [0.15, 0.2) is 5.96 Å². The van der Waals surface area contributed by atoms with Crippen LogP contribution in [0, 0.1) is 13.8 Å². The van der Waals surface area contributed by atoms with Crippen LogP contribution in [0.25, 0.3) is 0 Å². The second-order valence-corrected chi connectivity index (χ2v) is 6.02. The molecule has 2 rings (SSSR count). The number of hydrogen-bond acceptors (Lipinski definition) is 2. The predicted molar refractivity (Wildman–Crippen MR) is 103 cm³/mol. The van der Waals surface area contributed by atoms with Crippen molar-refractivity contribution < 1.29 is 0 Å². The normalized spacial score (nSPS) is 16.3. The van der Waals surface area contributed by atoms with E-state index in [1.807, 2.05) is 11.7 Å². The summed E-state index contributed by atoms with van der Waals surface area (Å²) >= 11 is 0. The molecule has 0 unspecified atom stereocenters. The summed E-state index contributed by atoms with van der Waals surface area (Å²) in [6, 6.07) is 0. The lowest BCUT2D eigenvalue weighted by Gasteiger charge is -2.21. The molecule has 0 amide bonds. The number of likely N-dealkylation sites (tertiary alicyclic amines) is 1. The zero-order valence-electron chi connectivity index (χ0n) is 14.1. The molecule has 0 bridgehead atoms. The average Bonchev–Trinajstić information content (AvgIpc) is 2.69. The molecular weight excluding hydrogens is 389 g/mol. The van der Waals surface area contributed by atoms with Crippen LogP contribution >= 0.6 is 24.0 Å². The average molecular weight is 419 g/mol. The van der Waals surface area contributed by atoms with Crippen LogP contribution in [0.5, 0.6) is 0 Å². The summed E-state index contributed by atoms with van der Waals surface area (Å²) in [5, 5.41) is 4.46. The van der Waals surface area contributed by atoms with Crippen molar-refractivity contribution in [2.24, 2.45) is 17.8 Å². The number of halogens is 1. The fourth-order valence-electron chi connectivity index (χ4n) is 3.03. The Bertz CT molecular complexity index is 487. The summed E-state index contributed by atoms with van der Waals surface area (Å²) in [5.41, 5.74) is 9.88. The third-order valence-corrected chi connectivity index (χ3v) is 4.45. The van der Waals surface area contributed by atoms with Gasteiger partial charge in [-0.15, -0.1) is 24.0 Å². The van der Waals surface area contributed by atoms with E-state index in [1.54, 1.807) is 0 Å². The molecule has 1 aliphatic heterocycles. The second kappa shape index (κ2) is 9.37. The van der Waals surface area contributed by atoms with Gasteiger partial charge in [-0.1, -0.05) is 12.8 Å².